The standard InChI is InChI=1S/C14H21FN2O2S/c1-2-16-11-13-7-3-4-9-17(13)20(18,19)14-8-5-6-12(15)10-14/h5-6,8,10,13,16H,2-4,7,9,11H2,1H3. The van der Waals surface area contributed by atoms with Crippen LogP contribution < -0.4 is 5.32 Å². The van der Waals surface area contributed by atoms with E-state index in [0.717, 1.165) is 31.9 Å². The van der Waals surface area contributed by atoms with E-state index in [4.69, 9.17) is 0 Å². The number of hydrogen-bond donors (Lipinski definition) is 1. The Bertz CT molecular complexity index is 548. The van der Waals surface area contributed by atoms with E-state index in [1.807, 2.05) is 6.92 Å². The predicted octanol–water partition coefficient (Wildman–Crippen LogP) is 1.98. The van der Waals surface area contributed by atoms with E-state index < -0.39 is 15.8 Å². The second kappa shape index (κ2) is 6.65. The highest BCUT2D eigenvalue weighted by Crippen LogP contribution is 2.25. The van der Waals surface area contributed by atoms with E-state index in [1.165, 1.54) is 22.5 Å². The minimum Gasteiger partial charge on any atom is -0.315 e. The van der Waals surface area contributed by atoms with Gasteiger partial charge in [0, 0.05) is 19.1 Å². The van der Waals surface area contributed by atoms with E-state index in [2.05, 4.69) is 5.32 Å². The van der Waals surface area contributed by atoms with Gasteiger partial charge in [-0.25, -0.2) is 12.8 Å². The van der Waals surface area contributed by atoms with Gasteiger partial charge in [0.1, 0.15) is 5.82 Å². The second-order valence-corrected chi connectivity index (χ2v) is 6.92. The number of piperidine rings is 1. The summed E-state index contributed by atoms with van der Waals surface area (Å²) in [6.45, 7) is 3.96. The van der Waals surface area contributed by atoms with Gasteiger partial charge in [-0.15, -0.1) is 0 Å². The number of halogens is 1. The molecule has 1 unspecified atom stereocenters. The lowest BCUT2D eigenvalue weighted by molar-refractivity contribution is 0.246. The Labute approximate surface area is 120 Å². The predicted molar refractivity (Wildman–Crippen MR) is 76.5 cm³/mol. The summed E-state index contributed by atoms with van der Waals surface area (Å²) in [7, 11) is -3.61. The number of hydrogen-bond acceptors (Lipinski definition) is 3. The number of likely N-dealkylation sites (N-methyl/N-ethyl adjacent to an activating group) is 1. The van der Waals surface area contributed by atoms with Crippen LogP contribution in [0, 0.1) is 5.82 Å². The molecule has 1 N–H and O–H groups in total. The molecule has 20 heavy (non-hydrogen) atoms. The molecule has 112 valence electrons. The Morgan fingerprint density at radius 3 is 2.90 bits per heavy atom. The summed E-state index contributed by atoms with van der Waals surface area (Å²) in [5.74, 6) is -0.522. The Balaban J connectivity index is 2.26. The summed E-state index contributed by atoms with van der Waals surface area (Å²) in [4.78, 5) is 0.0425. The van der Waals surface area contributed by atoms with Crippen molar-refractivity contribution in [3.8, 4) is 0 Å². The van der Waals surface area contributed by atoms with E-state index >= 15 is 0 Å². The van der Waals surface area contributed by atoms with Crippen molar-refractivity contribution in [3.05, 3.63) is 30.1 Å². The lowest BCUT2D eigenvalue weighted by Crippen LogP contribution is -2.48. The first-order chi connectivity index (χ1) is 9.55. The van der Waals surface area contributed by atoms with Crippen molar-refractivity contribution in [1.82, 2.24) is 9.62 Å². The third-order valence-corrected chi connectivity index (χ3v) is 5.55. The smallest absolute Gasteiger partial charge is 0.243 e. The highest BCUT2D eigenvalue weighted by atomic mass is 32.2. The molecule has 0 radical (unpaired) electrons. The first kappa shape index (κ1) is 15.4. The van der Waals surface area contributed by atoms with Crippen molar-refractivity contribution in [3.63, 3.8) is 0 Å². The van der Waals surface area contributed by atoms with Gasteiger partial charge in [0.05, 0.1) is 4.90 Å². The first-order valence-corrected chi connectivity index (χ1v) is 8.48. The van der Waals surface area contributed by atoms with Crippen molar-refractivity contribution in [2.24, 2.45) is 0 Å². The van der Waals surface area contributed by atoms with E-state index in [9.17, 15) is 12.8 Å². The number of nitrogens with one attached hydrogen (secondary N) is 1. The molecule has 1 atom stereocenters. The molecule has 1 aliphatic heterocycles. The van der Waals surface area contributed by atoms with Crippen LogP contribution in [0.15, 0.2) is 29.2 Å². The van der Waals surface area contributed by atoms with Crippen LogP contribution in [-0.4, -0.2) is 38.4 Å². The third-order valence-electron chi connectivity index (χ3n) is 3.61. The Kier molecular flexibility index (Phi) is 5.12. The molecule has 4 nitrogen and oxygen atoms in total. The lowest BCUT2D eigenvalue weighted by Gasteiger charge is -2.34. The summed E-state index contributed by atoms with van der Waals surface area (Å²) in [5, 5.41) is 3.20. The van der Waals surface area contributed by atoms with Crippen LogP contribution in [-0.2, 0) is 10.0 Å². The highest BCUT2D eigenvalue weighted by molar-refractivity contribution is 7.89. The van der Waals surface area contributed by atoms with Gasteiger partial charge in [-0.05, 0) is 37.6 Å². The van der Waals surface area contributed by atoms with Gasteiger partial charge in [-0.2, -0.15) is 4.31 Å². The summed E-state index contributed by atoms with van der Waals surface area (Å²) in [6, 6.07) is 5.19. The van der Waals surface area contributed by atoms with E-state index in [0.29, 0.717) is 13.1 Å². The average molecular weight is 300 g/mol. The van der Waals surface area contributed by atoms with Crippen LogP contribution in [0.4, 0.5) is 4.39 Å². The van der Waals surface area contributed by atoms with Gasteiger partial charge in [-0.1, -0.05) is 19.4 Å². The molecule has 1 fully saturated rings. The molecular formula is C14H21FN2O2S. The van der Waals surface area contributed by atoms with Crippen molar-refractivity contribution in [2.75, 3.05) is 19.6 Å². The molecule has 0 bridgehead atoms. The van der Waals surface area contributed by atoms with Crippen LogP contribution >= 0.6 is 0 Å². The molecule has 0 spiro atoms. The van der Waals surface area contributed by atoms with Gasteiger partial charge in [0.2, 0.25) is 10.0 Å². The fourth-order valence-corrected chi connectivity index (χ4v) is 4.29. The van der Waals surface area contributed by atoms with Gasteiger partial charge in [0.15, 0.2) is 0 Å². The number of nitrogens with zero attached hydrogens (tertiary/aromatic N) is 1. The Hall–Kier alpha value is -0.980. The van der Waals surface area contributed by atoms with Crippen LogP contribution in [0.2, 0.25) is 0 Å². The normalized spacial score (nSPS) is 21.0. The molecular weight excluding hydrogens is 279 g/mol. The Morgan fingerprint density at radius 2 is 2.20 bits per heavy atom. The van der Waals surface area contributed by atoms with Crippen molar-refractivity contribution < 1.29 is 12.8 Å². The minimum atomic E-state index is -3.61. The summed E-state index contributed by atoms with van der Waals surface area (Å²) >= 11 is 0. The maximum absolute atomic E-state index is 13.3. The zero-order chi connectivity index (χ0) is 14.6. The number of sulfonamides is 1. The van der Waals surface area contributed by atoms with Gasteiger partial charge >= 0.3 is 0 Å². The molecule has 1 saturated heterocycles. The largest absolute Gasteiger partial charge is 0.315 e. The molecule has 1 aliphatic rings. The fourth-order valence-electron chi connectivity index (χ4n) is 2.57. The monoisotopic (exact) mass is 300 g/mol. The molecule has 6 heteroatoms. The Morgan fingerprint density at radius 1 is 1.40 bits per heavy atom. The molecule has 1 heterocycles. The summed E-state index contributed by atoms with van der Waals surface area (Å²) < 4.78 is 40.1. The van der Waals surface area contributed by atoms with Crippen LogP contribution in [0.5, 0.6) is 0 Å². The van der Waals surface area contributed by atoms with Crippen molar-refractivity contribution in [2.45, 2.75) is 37.1 Å². The van der Waals surface area contributed by atoms with Gasteiger partial charge in [-0.3, -0.25) is 0 Å². The maximum atomic E-state index is 13.3. The van der Waals surface area contributed by atoms with Crippen molar-refractivity contribution >= 4 is 10.0 Å². The van der Waals surface area contributed by atoms with E-state index in [1.54, 1.807) is 0 Å². The molecule has 0 amide bonds. The fraction of sp³-hybridized carbons (Fsp3) is 0.571. The summed E-state index contributed by atoms with van der Waals surface area (Å²) in [5.41, 5.74) is 0. The molecule has 0 aliphatic carbocycles. The third kappa shape index (κ3) is 3.37. The maximum Gasteiger partial charge on any atom is 0.243 e. The molecule has 0 aromatic heterocycles. The van der Waals surface area contributed by atoms with E-state index in [-0.39, 0.29) is 10.9 Å². The van der Waals surface area contributed by atoms with Crippen molar-refractivity contribution in [1.29, 1.82) is 0 Å². The van der Waals surface area contributed by atoms with Crippen LogP contribution in [0.3, 0.4) is 0 Å². The zero-order valence-electron chi connectivity index (χ0n) is 11.7. The zero-order valence-corrected chi connectivity index (χ0v) is 12.5. The number of rotatable bonds is 5. The molecule has 1 aromatic rings. The first-order valence-electron chi connectivity index (χ1n) is 7.04. The number of benzene rings is 1. The van der Waals surface area contributed by atoms with Gasteiger partial charge < -0.3 is 5.32 Å². The lowest BCUT2D eigenvalue weighted by atomic mass is 10.1. The quantitative estimate of drug-likeness (QED) is 0.904. The highest BCUT2D eigenvalue weighted by Gasteiger charge is 2.33. The molecule has 2 rings (SSSR count). The van der Waals surface area contributed by atoms with Gasteiger partial charge in [0.25, 0.3) is 0 Å². The molecule has 0 saturated carbocycles. The SMILES string of the molecule is CCNCC1CCCCN1S(=O)(=O)c1cccc(F)c1. The topological polar surface area (TPSA) is 49.4 Å². The minimum absolute atomic E-state index is 0.0425. The second-order valence-electron chi connectivity index (χ2n) is 5.03. The summed E-state index contributed by atoms with van der Waals surface area (Å²) in [6.07, 6.45) is 2.74. The molecule has 1 aromatic carbocycles. The van der Waals surface area contributed by atoms with Crippen LogP contribution in [0.1, 0.15) is 26.2 Å². The van der Waals surface area contributed by atoms with Crippen LogP contribution in [0.25, 0.3) is 0 Å². The average Bonchev–Trinajstić information content (AvgIpc) is 2.45.